The highest BCUT2D eigenvalue weighted by molar-refractivity contribution is 5.82. The topological polar surface area (TPSA) is 55.6 Å². The van der Waals surface area contributed by atoms with Crippen LogP contribution in [0.3, 0.4) is 0 Å². The maximum Gasteiger partial charge on any atom is 0.240 e. The van der Waals surface area contributed by atoms with Gasteiger partial charge >= 0.3 is 0 Å². The minimum absolute atomic E-state index is 0.0199. The van der Waals surface area contributed by atoms with Crippen molar-refractivity contribution in [3.05, 3.63) is 35.9 Å². The first-order valence-electron chi connectivity index (χ1n) is 6.86. The monoisotopic (exact) mass is 262 g/mol. The molecule has 2 N–H and O–H groups in total. The van der Waals surface area contributed by atoms with E-state index < -0.39 is 6.04 Å². The largest absolute Gasteiger partial charge is 0.374 e. The third-order valence-electron chi connectivity index (χ3n) is 3.59. The predicted molar refractivity (Wildman–Crippen MR) is 74.6 cm³/mol. The van der Waals surface area contributed by atoms with Gasteiger partial charge in [0.1, 0.15) is 0 Å². The van der Waals surface area contributed by atoms with Crippen molar-refractivity contribution >= 4 is 5.91 Å². The third kappa shape index (κ3) is 3.14. The molecule has 2 unspecified atom stereocenters. The first-order valence-corrected chi connectivity index (χ1v) is 6.86. The van der Waals surface area contributed by atoms with Crippen LogP contribution in [0.5, 0.6) is 0 Å². The average molecular weight is 262 g/mol. The Kier molecular flexibility index (Phi) is 4.56. The summed E-state index contributed by atoms with van der Waals surface area (Å²) in [7, 11) is 0. The summed E-state index contributed by atoms with van der Waals surface area (Å²) < 4.78 is 5.70. The molecule has 1 amide bonds. The van der Waals surface area contributed by atoms with Crippen LogP contribution < -0.4 is 5.73 Å². The van der Waals surface area contributed by atoms with Crippen LogP contribution in [0.15, 0.2) is 30.3 Å². The lowest BCUT2D eigenvalue weighted by atomic mass is 10.0. The van der Waals surface area contributed by atoms with Crippen LogP contribution in [0, 0.1) is 0 Å². The maximum absolute atomic E-state index is 12.4. The van der Waals surface area contributed by atoms with E-state index in [9.17, 15) is 4.79 Å². The van der Waals surface area contributed by atoms with Gasteiger partial charge in [0.15, 0.2) is 0 Å². The van der Waals surface area contributed by atoms with Gasteiger partial charge in [0.05, 0.1) is 24.8 Å². The fourth-order valence-electron chi connectivity index (χ4n) is 2.38. The van der Waals surface area contributed by atoms with E-state index >= 15 is 0 Å². The molecule has 3 atom stereocenters. The van der Waals surface area contributed by atoms with Crippen LogP contribution in [0.1, 0.15) is 31.9 Å². The van der Waals surface area contributed by atoms with E-state index in [1.165, 1.54) is 0 Å². The molecule has 1 aliphatic rings. The Morgan fingerprint density at radius 1 is 1.47 bits per heavy atom. The Morgan fingerprint density at radius 3 is 2.79 bits per heavy atom. The Bertz CT molecular complexity index is 421. The van der Waals surface area contributed by atoms with Crippen molar-refractivity contribution in [1.82, 2.24) is 4.90 Å². The van der Waals surface area contributed by atoms with Crippen LogP contribution in [0.4, 0.5) is 0 Å². The van der Waals surface area contributed by atoms with Crippen molar-refractivity contribution in [3.63, 3.8) is 0 Å². The third-order valence-corrected chi connectivity index (χ3v) is 3.59. The zero-order chi connectivity index (χ0) is 13.8. The van der Waals surface area contributed by atoms with Gasteiger partial charge in [0, 0.05) is 6.54 Å². The molecule has 4 heteroatoms. The van der Waals surface area contributed by atoms with Crippen LogP contribution >= 0.6 is 0 Å². The lowest BCUT2D eigenvalue weighted by molar-refractivity contribution is -0.146. The molecule has 104 valence electrons. The van der Waals surface area contributed by atoms with Crippen molar-refractivity contribution in [2.75, 3.05) is 13.2 Å². The average Bonchev–Trinajstić information content (AvgIpc) is 2.46. The molecule has 0 aliphatic carbocycles. The number of carbonyl (C=O) groups is 1. The van der Waals surface area contributed by atoms with Gasteiger partial charge in [-0.25, -0.2) is 0 Å². The number of morpholine rings is 1. The number of nitrogens with zero attached hydrogens (tertiary/aromatic N) is 1. The SMILES string of the molecule is CC[C@H](N)C(=O)N1CC(C)OCC1c1ccccc1. The highest BCUT2D eigenvalue weighted by Gasteiger charge is 2.33. The maximum atomic E-state index is 12.4. The molecule has 1 fully saturated rings. The molecule has 19 heavy (non-hydrogen) atoms. The molecule has 1 aromatic rings. The number of carbonyl (C=O) groups excluding carboxylic acids is 1. The van der Waals surface area contributed by atoms with E-state index in [1.54, 1.807) is 0 Å². The normalized spacial score (nSPS) is 25.1. The molecule has 1 aromatic carbocycles. The smallest absolute Gasteiger partial charge is 0.240 e. The summed E-state index contributed by atoms with van der Waals surface area (Å²) in [4.78, 5) is 14.3. The molecule has 1 heterocycles. The van der Waals surface area contributed by atoms with E-state index in [0.29, 0.717) is 19.6 Å². The van der Waals surface area contributed by atoms with Gasteiger partial charge < -0.3 is 15.4 Å². The quantitative estimate of drug-likeness (QED) is 0.902. The molecule has 0 radical (unpaired) electrons. The van der Waals surface area contributed by atoms with Crippen molar-refractivity contribution < 1.29 is 9.53 Å². The van der Waals surface area contributed by atoms with Gasteiger partial charge in [0.25, 0.3) is 0 Å². The molecule has 4 nitrogen and oxygen atoms in total. The molecule has 0 bridgehead atoms. The zero-order valence-electron chi connectivity index (χ0n) is 11.6. The zero-order valence-corrected chi connectivity index (χ0v) is 11.6. The molecular weight excluding hydrogens is 240 g/mol. The van der Waals surface area contributed by atoms with E-state index in [0.717, 1.165) is 5.56 Å². The van der Waals surface area contributed by atoms with E-state index in [-0.39, 0.29) is 18.1 Å². The lowest BCUT2D eigenvalue weighted by Gasteiger charge is -2.40. The van der Waals surface area contributed by atoms with Gasteiger partial charge in [-0.2, -0.15) is 0 Å². The van der Waals surface area contributed by atoms with Gasteiger partial charge in [-0.3, -0.25) is 4.79 Å². The first kappa shape index (κ1) is 14.0. The lowest BCUT2D eigenvalue weighted by Crippen LogP contribution is -2.52. The van der Waals surface area contributed by atoms with Gasteiger partial charge in [-0.15, -0.1) is 0 Å². The van der Waals surface area contributed by atoms with E-state index in [4.69, 9.17) is 10.5 Å². The Labute approximate surface area is 114 Å². The number of amides is 1. The molecule has 1 aliphatic heterocycles. The van der Waals surface area contributed by atoms with Crippen molar-refractivity contribution in [1.29, 1.82) is 0 Å². The Balaban J connectivity index is 2.22. The van der Waals surface area contributed by atoms with Crippen LogP contribution in [0.25, 0.3) is 0 Å². The van der Waals surface area contributed by atoms with Crippen LogP contribution in [-0.2, 0) is 9.53 Å². The number of rotatable bonds is 3. The standard InChI is InChI=1S/C15H22N2O2/c1-3-13(16)15(18)17-9-11(2)19-10-14(17)12-7-5-4-6-8-12/h4-8,11,13-14H,3,9-10,16H2,1-2H3/t11?,13-,14?/m0/s1. The van der Waals surface area contributed by atoms with Crippen molar-refractivity contribution in [2.24, 2.45) is 5.73 Å². The van der Waals surface area contributed by atoms with Gasteiger partial charge in [-0.05, 0) is 18.9 Å². The molecule has 2 rings (SSSR count). The molecule has 0 saturated carbocycles. The second kappa shape index (κ2) is 6.17. The second-order valence-electron chi connectivity index (χ2n) is 5.08. The van der Waals surface area contributed by atoms with E-state index in [1.807, 2.05) is 49.1 Å². The first-order chi connectivity index (χ1) is 9.13. The number of nitrogens with two attached hydrogens (primary N) is 1. The highest BCUT2D eigenvalue weighted by atomic mass is 16.5. The minimum atomic E-state index is -0.420. The number of hydrogen-bond donors (Lipinski definition) is 1. The van der Waals surface area contributed by atoms with Crippen LogP contribution in [0.2, 0.25) is 0 Å². The Morgan fingerprint density at radius 2 is 2.16 bits per heavy atom. The van der Waals surface area contributed by atoms with Crippen LogP contribution in [-0.4, -0.2) is 36.1 Å². The molecule has 1 saturated heterocycles. The fourth-order valence-corrected chi connectivity index (χ4v) is 2.38. The summed E-state index contributed by atoms with van der Waals surface area (Å²) in [5.74, 6) is 0.0199. The fraction of sp³-hybridized carbons (Fsp3) is 0.533. The van der Waals surface area contributed by atoms with Crippen molar-refractivity contribution in [3.8, 4) is 0 Å². The minimum Gasteiger partial charge on any atom is -0.374 e. The summed E-state index contributed by atoms with van der Waals surface area (Å²) in [6.45, 7) is 5.06. The summed E-state index contributed by atoms with van der Waals surface area (Å²) in [5, 5.41) is 0. The molecule has 0 aromatic heterocycles. The van der Waals surface area contributed by atoms with Gasteiger partial charge in [-0.1, -0.05) is 37.3 Å². The number of ether oxygens (including phenoxy) is 1. The number of hydrogen-bond acceptors (Lipinski definition) is 3. The van der Waals surface area contributed by atoms with Gasteiger partial charge in [0.2, 0.25) is 5.91 Å². The summed E-state index contributed by atoms with van der Waals surface area (Å²) in [5.41, 5.74) is 7.00. The molecule has 0 spiro atoms. The summed E-state index contributed by atoms with van der Waals surface area (Å²) >= 11 is 0. The highest BCUT2D eigenvalue weighted by Crippen LogP contribution is 2.26. The summed E-state index contributed by atoms with van der Waals surface area (Å²) in [6.07, 6.45) is 0.722. The second-order valence-corrected chi connectivity index (χ2v) is 5.08. The Hall–Kier alpha value is -1.39. The predicted octanol–water partition coefficient (Wildman–Crippen LogP) is 1.71. The molecular formula is C15H22N2O2. The van der Waals surface area contributed by atoms with Crippen molar-refractivity contribution in [2.45, 2.75) is 38.5 Å². The summed E-state index contributed by atoms with van der Waals surface area (Å²) in [6, 6.07) is 9.55. The van der Waals surface area contributed by atoms with E-state index in [2.05, 4.69) is 0 Å². The number of benzene rings is 1.